The Morgan fingerprint density at radius 3 is 2.59 bits per heavy atom. The van der Waals surface area contributed by atoms with Gasteiger partial charge in [-0.05, 0) is 46.6 Å². The maximum absolute atomic E-state index is 11.9. The van der Waals surface area contributed by atoms with E-state index in [9.17, 15) is 4.79 Å². The summed E-state index contributed by atoms with van der Waals surface area (Å²) in [5, 5.41) is 3.42. The van der Waals surface area contributed by atoms with Crippen LogP contribution in [0.4, 0.5) is 10.7 Å². The van der Waals surface area contributed by atoms with Crippen LogP contribution in [-0.2, 0) is 4.74 Å². The lowest BCUT2D eigenvalue weighted by Gasteiger charge is -2.40. The molecule has 2 rings (SSSR count). The number of carbonyl (C=O) groups is 1. The van der Waals surface area contributed by atoms with Crippen molar-refractivity contribution in [3.8, 4) is 0 Å². The highest BCUT2D eigenvalue weighted by atomic mass is 35.5. The van der Waals surface area contributed by atoms with E-state index in [1.165, 1.54) is 0 Å². The molecule has 1 aromatic rings. The summed E-state index contributed by atoms with van der Waals surface area (Å²) in [5.74, 6) is 0.631. The maximum Gasteiger partial charge on any atom is 0.408 e. The highest BCUT2D eigenvalue weighted by molar-refractivity contribution is 6.29. The molecule has 0 spiro atoms. The van der Waals surface area contributed by atoms with Crippen molar-refractivity contribution in [1.82, 2.24) is 15.3 Å². The zero-order valence-corrected chi connectivity index (χ0v) is 14.3. The molecule has 1 aliphatic rings. The molecule has 1 saturated heterocycles. The Morgan fingerprint density at radius 1 is 1.41 bits per heavy atom. The molecule has 0 radical (unpaired) electrons. The molecule has 2 heterocycles. The first-order valence-corrected chi connectivity index (χ1v) is 7.79. The summed E-state index contributed by atoms with van der Waals surface area (Å²) in [4.78, 5) is 22.5. The van der Waals surface area contributed by atoms with E-state index < -0.39 is 5.60 Å². The summed E-state index contributed by atoms with van der Waals surface area (Å²) in [6.07, 6.45) is 2.87. The fraction of sp³-hybridized carbons (Fsp3) is 0.667. The average Bonchev–Trinajstić information content (AvgIpc) is 2.36. The smallest absolute Gasteiger partial charge is 0.408 e. The Kier molecular flexibility index (Phi) is 4.80. The molecule has 0 atom stereocenters. The Bertz CT molecular complexity index is 537. The number of hydrogen-bond donors (Lipinski definition) is 1. The van der Waals surface area contributed by atoms with Crippen LogP contribution in [0, 0.1) is 0 Å². The predicted molar refractivity (Wildman–Crippen MR) is 86.3 cm³/mol. The van der Waals surface area contributed by atoms with Gasteiger partial charge in [0.25, 0.3) is 0 Å². The van der Waals surface area contributed by atoms with Gasteiger partial charge in [-0.3, -0.25) is 0 Å². The molecule has 1 aliphatic heterocycles. The van der Waals surface area contributed by atoms with Crippen molar-refractivity contribution in [2.75, 3.05) is 18.0 Å². The van der Waals surface area contributed by atoms with Gasteiger partial charge in [0, 0.05) is 24.8 Å². The van der Waals surface area contributed by atoms with Crippen LogP contribution in [0.25, 0.3) is 0 Å². The third-order valence-electron chi connectivity index (χ3n) is 3.56. The molecule has 1 N–H and O–H groups in total. The number of hydrogen-bond acceptors (Lipinski definition) is 5. The standard InChI is InChI=1S/C15H23ClN4O2/c1-14(2,3)22-13(21)19-15(4)6-9-20(10-7-15)12-17-8-5-11(16)18-12/h5,8H,6-7,9-10H2,1-4H3,(H,19,21). The SMILES string of the molecule is CC1(NC(=O)OC(C)(C)C)CCN(c2nccc(Cl)n2)CC1. The number of halogens is 1. The topological polar surface area (TPSA) is 67.3 Å². The Morgan fingerprint density at radius 2 is 2.05 bits per heavy atom. The van der Waals surface area contributed by atoms with Gasteiger partial charge in [-0.1, -0.05) is 11.6 Å². The Hall–Kier alpha value is -1.56. The molecular weight excluding hydrogens is 304 g/mol. The zero-order chi connectivity index (χ0) is 16.4. The maximum atomic E-state index is 11.9. The largest absolute Gasteiger partial charge is 0.444 e. The van der Waals surface area contributed by atoms with Crippen molar-refractivity contribution in [1.29, 1.82) is 0 Å². The molecule has 1 fully saturated rings. The van der Waals surface area contributed by atoms with Crippen molar-refractivity contribution < 1.29 is 9.53 Å². The molecule has 0 aliphatic carbocycles. The van der Waals surface area contributed by atoms with Gasteiger partial charge in [0.15, 0.2) is 0 Å². The Labute approximate surface area is 136 Å². The van der Waals surface area contributed by atoms with E-state index in [1.807, 2.05) is 27.7 Å². The minimum atomic E-state index is -0.490. The molecule has 0 unspecified atom stereocenters. The van der Waals surface area contributed by atoms with Crippen molar-refractivity contribution in [2.24, 2.45) is 0 Å². The third kappa shape index (κ3) is 4.73. The number of aromatic nitrogens is 2. The third-order valence-corrected chi connectivity index (χ3v) is 3.77. The molecule has 6 nitrogen and oxygen atoms in total. The number of piperidine rings is 1. The fourth-order valence-electron chi connectivity index (χ4n) is 2.35. The van der Waals surface area contributed by atoms with Crippen molar-refractivity contribution in [3.05, 3.63) is 17.4 Å². The summed E-state index contributed by atoms with van der Waals surface area (Å²) in [6, 6.07) is 1.66. The molecule has 7 heteroatoms. The summed E-state index contributed by atoms with van der Waals surface area (Å²) < 4.78 is 5.33. The fourth-order valence-corrected chi connectivity index (χ4v) is 2.49. The van der Waals surface area contributed by atoms with Gasteiger partial charge in [0.1, 0.15) is 10.8 Å². The number of rotatable bonds is 2. The molecular formula is C15H23ClN4O2. The van der Waals surface area contributed by atoms with Crippen molar-refractivity contribution in [3.63, 3.8) is 0 Å². The first-order valence-electron chi connectivity index (χ1n) is 7.42. The van der Waals surface area contributed by atoms with Gasteiger partial charge in [-0.15, -0.1) is 0 Å². The van der Waals surface area contributed by atoms with Crippen LogP contribution in [-0.4, -0.2) is 40.3 Å². The van der Waals surface area contributed by atoms with E-state index in [4.69, 9.17) is 16.3 Å². The van der Waals surface area contributed by atoms with Gasteiger partial charge in [0.2, 0.25) is 5.95 Å². The van der Waals surface area contributed by atoms with Crippen LogP contribution >= 0.6 is 11.6 Å². The zero-order valence-electron chi connectivity index (χ0n) is 13.5. The average molecular weight is 327 g/mol. The van der Waals surface area contributed by atoms with Gasteiger partial charge >= 0.3 is 6.09 Å². The van der Waals surface area contributed by atoms with Gasteiger partial charge in [-0.2, -0.15) is 0 Å². The van der Waals surface area contributed by atoms with E-state index in [2.05, 4.69) is 20.2 Å². The van der Waals surface area contributed by atoms with E-state index in [0.717, 1.165) is 25.9 Å². The second-order valence-corrected chi connectivity index (χ2v) is 7.24. The highest BCUT2D eigenvalue weighted by Gasteiger charge is 2.33. The molecule has 0 bridgehead atoms. The number of nitrogens with zero attached hydrogens (tertiary/aromatic N) is 3. The summed E-state index contributed by atoms with van der Waals surface area (Å²) in [6.45, 7) is 9.11. The molecule has 1 amide bonds. The van der Waals surface area contributed by atoms with E-state index in [1.54, 1.807) is 12.3 Å². The molecule has 0 saturated carbocycles. The van der Waals surface area contributed by atoms with Crippen molar-refractivity contribution in [2.45, 2.75) is 51.7 Å². The number of nitrogens with one attached hydrogen (secondary N) is 1. The van der Waals surface area contributed by atoms with Crippen LogP contribution in [0.3, 0.4) is 0 Å². The first-order chi connectivity index (χ1) is 10.2. The second-order valence-electron chi connectivity index (χ2n) is 6.85. The van der Waals surface area contributed by atoms with Crippen LogP contribution in [0.2, 0.25) is 5.15 Å². The van der Waals surface area contributed by atoms with Gasteiger partial charge < -0.3 is 15.0 Å². The lowest BCUT2D eigenvalue weighted by molar-refractivity contribution is 0.0448. The predicted octanol–water partition coefficient (Wildman–Crippen LogP) is 3.01. The first kappa shape index (κ1) is 16.8. The number of anilines is 1. The second kappa shape index (κ2) is 6.28. The molecule has 122 valence electrons. The molecule has 22 heavy (non-hydrogen) atoms. The number of amides is 1. The summed E-state index contributed by atoms with van der Waals surface area (Å²) in [7, 11) is 0. The summed E-state index contributed by atoms with van der Waals surface area (Å²) >= 11 is 5.90. The van der Waals surface area contributed by atoms with Crippen LogP contribution in [0.15, 0.2) is 12.3 Å². The van der Waals surface area contributed by atoms with Gasteiger partial charge in [0.05, 0.1) is 0 Å². The summed E-state index contributed by atoms with van der Waals surface area (Å²) in [5.41, 5.74) is -0.771. The quantitative estimate of drug-likeness (QED) is 0.846. The normalized spacial score (nSPS) is 18.0. The van der Waals surface area contributed by atoms with E-state index in [-0.39, 0.29) is 11.6 Å². The van der Waals surface area contributed by atoms with Gasteiger partial charge in [-0.25, -0.2) is 14.8 Å². The number of ether oxygens (including phenoxy) is 1. The minimum Gasteiger partial charge on any atom is -0.444 e. The van der Waals surface area contributed by atoms with E-state index in [0.29, 0.717) is 11.1 Å². The molecule has 0 aromatic carbocycles. The van der Waals surface area contributed by atoms with Crippen LogP contribution in [0.1, 0.15) is 40.5 Å². The van der Waals surface area contributed by atoms with Crippen LogP contribution in [0.5, 0.6) is 0 Å². The highest BCUT2D eigenvalue weighted by Crippen LogP contribution is 2.25. The lowest BCUT2D eigenvalue weighted by atomic mass is 9.90. The Balaban J connectivity index is 1.91. The number of alkyl carbamates (subject to hydrolysis) is 1. The van der Waals surface area contributed by atoms with Crippen LogP contribution < -0.4 is 10.2 Å². The molecule has 1 aromatic heterocycles. The van der Waals surface area contributed by atoms with E-state index >= 15 is 0 Å². The number of carbonyl (C=O) groups excluding carboxylic acids is 1. The minimum absolute atomic E-state index is 0.280. The van der Waals surface area contributed by atoms with Crippen molar-refractivity contribution >= 4 is 23.6 Å². The lowest BCUT2D eigenvalue weighted by Crippen LogP contribution is -2.54. The monoisotopic (exact) mass is 326 g/mol.